The molecule has 84 valence electrons. The molecule has 0 atom stereocenters. The Kier molecular flexibility index (Phi) is 5.06. The lowest BCUT2D eigenvalue weighted by molar-refractivity contribution is 0.330. The van der Waals surface area contributed by atoms with E-state index in [2.05, 4.69) is 67.8 Å². The number of halogens is 1. The van der Waals surface area contributed by atoms with Crippen molar-refractivity contribution in [3.8, 4) is 0 Å². The van der Waals surface area contributed by atoms with Crippen LogP contribution in [0, 0.1) is 3.57 Å². The van der Waals surface area contributed by atoms with Gasteiger partial charge in [-0.1, -0.05) is 13.8 Å². The van der Waals surface area contributed by atoms with Crippen LogP contribution in [0.1, 0.15) is 26.7 Å². The lowest BCUT2D eigenvalue weighted by atomic mass is 10.2. The van der Waals surface area contributed by atoms with Crippen molar-refractivity contribution < 1.29 is 0 Å². The molecular formula is C13H21IN+. The number of quaternary nitrogens is 1. The smallest absolute Gasteiger partial charge is 0.132 e. The average molecular weight is 318 g/mol. The monoisotopic (exact) mass is 318 g/mol. The van der Waals surface area contributed by atoms with Crippen molar-refractivity contribution >= 4 is 28.3 Å². The van der Waals surface area contributed by atoms with Crippen LogP contribution in [0.2, 0.25) is 0 Å². The van der Waals surface area contributed by atoms with E-state index in [-0.39, 0.29) is 0 Å². The molecule has 0 N–H and O–H groups in total. The highest BCUT2D eigenvalue weighted by atomic mass is 127. The second kappa shape index (κ2) is 5.85. The summed E-state index contributed by atoms with van der Waals surface area (Å²) in [6.45, 7) is 6.99. The SMILES string of the molecule is CCC[N+](C)(CCC)c1ccc(I)cc1. The van der Waals surface area contributed by atoms with Gasteiger partial charge in [0.05, 0.1) is 20.1 Å². The summed E-state index contributed by atoms with van der Waals surface area (Å²) >= 11 is 2.36. The first-order valence-corrected chi connectivity index (χ1v) is 6.81. The van der Waals surface area contributed by atoms with Crippen molar-refractivity contribution in [3.05, 3.63) is 27.8 Å². The lowest BCUT2D eigenvalue weighted by Gasteiger charge is -2.33. The Hall–Kier alpha value is -0.0900. The first-order valence-electron chi connectivity index (χ1n) is 5.73. The van der Waals surface area contributed by atoms with Gasteiger partial charge in [0.1, 0.15) is 5.69 Å². The van der Waals surface area contributed by atoms with E-state index in [4.69, 9.17) is 0 Å². The van der Waals surface area contributed by atoms with E-state index in [1.165, 1.54) is 35.2 Å². The third kappa shape index (κ3) is 3.45. The van der Waals surface area contributed by atoms with Gasteiger partial charge < -0.3 is 0 Å². The zero-order valence-electron chi connectivity index (χ0n) is 9.96. The van der Waals surface area contributed by atoms with Gasteiger partial charge in [0, 0.05) is 15.7 Å². The predicted octanol–water partition coefficient (Wildman–Crippen LogP) is 4.05. The van der Waals surface area contributed by atoms with E-state index in [0.717, 1.165) is 4.48 Å². The summed E-state index contributed by atoms with van der Waals surface area (Å²) in [6.07, 6.45) is 2.48. The number of rotatable bonds is 5. The van der Waals surface area contributed by atoms with E-state index >= 15 is 0 Å². The van der Waals surface area contributed by atoms with Gasteiger partial charge in [-0.3, -0.25) is 4.48 Å². The third-order valence-corrected chi connectivity index (χ3v) is 3.60. The summed E-state index contributed by atoms with van der Waals surface area (Å²) in [7, 11) is 2.34. The topological polar surface area (TPSA) is 0 Å². The maximum atomic E-state index is 2.36. The van der Waals surface area contributed by atoms with Crippen LogP contribution in [0.25, 0.3) is 0 Å². The zero-order chi connectivity index (χ0) is 11.3. The highest BCUT2D eigenvalue weighted by Crippen LogP contribution is 2.23. The molecule has 2 heteroatoms. The molecule has 0 fully saturated rings. The van der Waals surface area contributed by atoms with E-state index in [1.807, 2.05) is 0 Å². The Morgan fingerprint density at radius 3 is 1.87 bits per heavy atom. The van der Waals surface area contributed by atoms with Gasteiger partial charge in [-0.15, -0.1) is 0 Å². The molecule has 1 rings (SSSR count). The quantitative estimate of drug-likeness (QED) is 0.568. The van der Waals surface area contributed by atoms with E-state index < -0.39 is 0 Å². The number of hydrogen-bond acceptors (Lipinski definition) is 0. The maximum Gasteiger partial charge on any atom is 0.132 e. The van der Waals surface area contributed by atoms with E-state index in [1.54, 1.807) is 0 Å². The predicted molar refractivity (Wildman–Crippen MR) is 77.2 cm³/mol. The van der Waals surface area contributed by atoms with Gasteiger partial charge in [0.2, 0.25) is 0 Å². The van der Waals surface area contributed by atoms with Crippen molar-refractivity contribution in [2.24, 2.45) is 0 Å². The largest absolute Gasteiger partial charge is 0.294 e. The van der Waals surface area contributed by atoms with Gasteiger partial charge >= 0.3 is 0 Å². The van der Waals surface area contributed by atoms with Crippen molar-refractivity contribution in [2.45, 2.75) is 26.7 Å². The highest BCUT2D eigenvalue weighted by Gasteiger charge is 2.22. The molecule has 0 saturated carbocycles. The third-order valence-electron chi connectivity index (χ3n) is 2.88. The van der Waals surface area contributed by atoms with E-state index in [0.29, 0.717) is 0 Å². The summed E-state index contributed by atoms with van der Waals surface area (Å²) in [4.78, 5) is 0. The molecule has 0 aliphatic carbocycles. The van der Waals surface area contributed by atoms with Crippen molar-refractivity contribution in [1.29, 1.82) is 0 Å². The molecule has 0 aliphatic heterocycles. The maximum absolute atomic E-state index is 2.36. The number of benzene rings is 1. The molecule has 0 spiro atoms. The second-order valence-electron chi connectivity index (χ2n) is 4.32. The fourth-order valence-electron chi connectivity index (χ4n) is 2.16. The van der Waals surface area contributed by atoms with Crippen LogP contribution in [-0.2, 0) is 0 Å². The summed E-state index contributed by atoms with van der Waals surface area (Å²) in [6, 6.07) is 8.95. The van der Waals surface area contributed by atoms with Gasteiger partial charge in [0.15, 0.2) is 0 Å². The van der Waals surface area contributed by atoms with Crippen LogP contribution in [0.4, 0.5) is 5.69 Å². The van der Waals surface area contributed by atoms with Crippen molar-refractivity contribution in [2.75, 3.05) is 20.1 Å². The van der Waals surface area contributed by atoms with E-state index in [9.17, 15) is 0 Å². The van der Waals surface area contributed by atoms with Crippen LogP contribution < -0.4 is 4.48 Å². The standard InChI is InChI=1S/C13H21IN/c1-4-10-15(3,11-5-2)13-8-6-12(14)7-9-13/h6-9H,4-5,10-11H2,1-3H3/q+1. The van der Waals surface area contributed by atoms with Crippen LogP contribution in [0.3, 0.4) is 0 Å². The molecule has 0 bridgehead atoms. The normalized spacial score (nSPS) is 11.7. The minimum atomic E-state index is 1.07. The van der Waals surface area contributed by atoms with Crippen LogP contribution >= 0.6 is 22.6 Å². The molecule has 0 amide bonds. The summed E-state index contributed by atoms with van der Waals surface area (Å²) in [5.74, 6) is 0. The van der Waals surface area contributed by atoms with Crippen LogP contribution in [0.15, 0.2) is 24.3 Å². The van der Waals surface area contributed by atoms with Gasteiger partial charge in [-0.25, -0.2) is 0 Å². The number of hydrogen-bond donors (Lipinski definition) is 0. The first-order chi connectivity index (χ1) is 7.12. The second-order valence-corrected chi connectivity index (χ2v) is 5.57. The highest BCUT2D eigenvalue weighted by molar-refractivity contribution is 14.1. The molecule has 1 aromatic rings. The molecule has 0 saturated heterocycles. The van der Waals surface area contributed by atoms with Gasteiger partial charge in [-0.05, 0) is 47.6 Å². The summed E-state index contributed by atoms with van der Waals surface area (Å²) in [5.41, 5.74) is 1.44. The minimum absolute atomic E-state index is 1.07. The Labute approximate surface area is 107 Å². The Morgan fingerprint density at radius 2 is 1.47 bits per heavy atom. The average Bonchev–Trinajstić information content (AvgIpc) is 2.19. The van der Waals surface area contributed by atoms with Gasteiger partial charge in [-0.2, -0.15) is 0 Å². The summed E-state index contributed by atoms with van der Waals surface area (Å²) < 4.78 is 2.39. The number of nitrogens with zero attached hydrogens (tertiary/aromatic N) is 1. The van der Waals surface area contributed by atoms with Gasteiger partial charge in [0.25, 0.3) is 0 Å². The molecule has 0 aromatic heterocycles. The zero-order valence-corrected chi connectivity index (χ0v) is 12.1. The molecule has 0 aliphatic rings. The molecule has 1 aromatic carbocycles. The molecule has 15 heavy (non-hydrogen) atoms. The van der Waals surface area contributed by atoms with Crippen molar-refractivity contribution in [1.82, 2.24) is 4.48 Å². The Balaban J connectivity index is 2.92. The molecule has 1 nitrogen and oxygen atoms in total. The van der Waals surface area contributed by atoms with Crippen LogP contribution in [-0.4, -0.2) is 20.1 Å². The lowest BCUT2D eigenvalue weighted by Crippen LogP contribution is -2.46. The Morgan fingerprint density at radius 1 is 1.00 bits per heavy atom. The van der Waals surface area contributed by atoms with Crippen molar-refractivity contribution in [3.63, 3.8) is 0 Å². The summed E-state index contributed by atoms with van der Waals surface area (Å²) in [5, 5.41) is 0. The van der Waals surface area contributed by atoms with Crippen LogP contribution in [0.5, 0.6) is 0 Å². The molecule has 0 heterocycles. The first kappa shape index (κ1) is 13.0. The minimum Gasteiger partial charge on any atom is -0.294 e. The Bertz CT molecular complexity index is 286. The fourth-order valence-corrected chi connectivity index (χ4v) is 2.52. The fraction of sp³-hybridized carbons (Fsp3) is 0.538. The molecule has 0 unspecified atom stereocenters. The molecule has 0 radical (unpaired) electrons. The molecular weight excluding hydrogens is 297 g/mol.